The van der Waals surface area contributed by atoms with Gasteiger partial charge in [0.2, 0.25) is 5.76 Å². The Balaban J connectivity index is 2.02. The molecule has 96 valence electrons. The van der Waals surface area contributed by atoms with Crippen LogP contribution in [0.2, 0.25) is 0 Å². The second kappa shape index (κ2) is 5.11. The molecule has 1 fully saturated rings. The largest absolute Gasteiger partial charge is 0.483 e. The average Bonchev–Trinajstić information content (AvgIpc) is 2.64. The van der Waals surface area contributed by atoms with Gasteiger partial charge in [0, 0.05) is 6.08 Å². The van der Waals surface area contributed by atoms with Gasteiger partial charge in [0.25, 0.3) is 0 Å². The van der Waals surface area contributed by atoms with E-state index in [4.69, 9.17) is 9.47 Å². The third kappa shape index (κ3) is 2.82. The number of esters is 1. The van der Waals surface area contributed by atoms with Crippen LogP contribution in [-0.4, -0.2) is 18.7 Å². The first-order valence-electron chi connectivity index (χ1n) is 6.62. The molecule has 0 radical (unpaired) electrons. The van der Waals surface area contributed by atoms with Crippen LogP contribution < -0.4 is 0 Å². The van der Waals surface area contributed by atoms with Crippen LogP contribution in [0.1, 0.15) is 40.0 Å². The van der Waals surface area contributed by atoms with Crippen molar-refractivity contribution in [1.29, 1.82) is 0 Å². The predicted octanol–water partition coefficient (Wildman–Crippen LogP) is 2.90. The third-order valence-corrected chi connectivity index (χ3v) is 3.92. The molecule has 0 spiro atoms. The smallest absolute Gasteiger partial charge is 0.373 e. The van der Waals surface area contributed by atoms with Gasteiger partial charge in [0.1, 0.15) is 12.7 Å². The zero-order chi connectivity index (χ0) is 12.4. The summed E-state index contributed by atoms with van der Waals surface area (Å²) in [5, 5.41) is 0. The van der Waals surface area contributed by atoms with E-state index in [9.17, 15) is 4.79 Å². The summed E-state index contributed by atoms with van der Waals surface area (Å²) >= 11 is 0. The van der Waals surface area contributed by atoms with Gasteiger partial charge < -0.3 is 9.47 Å². The number of carbonyl (C=O) groups is 1. The van der Waals surface area contributed by atoms with Crippen molar-refractivity contribution in [3.8, 4) is 0 Å². The lowest BCUT2D eigenvalue weighted by atomic mass is 9.75. The van der Waals surface area contributed by atoms with E-state index < -0.39 is 0 Å². The quantitative estimate of drug-likeness (QED) is 0.709. The molecule has 3 atom stereocenters. The van der Waals surface area contributed by atoms with Gasteiger partial charge in [-0.05, 0) is 30.6 Å². The van der Waals surface area contributed by atoms with Crippen molar-refractivity contribution in [2.24, 2.45) is 17.8 Å². The number of ether oxygens (including phenoxy) is 2. The Morgan fingerprint density at radius 2 is 2.18 bits per heavy atom. The van der Waals surface area contributed by atoms with Crippen molar-refractivity contribution in [3.05, 3.63) is 11.8 Å². The van der Waals surface area contributed by atoms with E-state index in [1.54, 1.807) is 6.08 Å². The molecule has 0 aromatic carbocycles. The lowest BCUT2D eigenvalue weighted by Gasteiger charge is -2.37. The van der Waals surface area contributed by atoms with Crippen molar-refractivity contribution in [1.82, 2.24) is 0 Å². The summed E-state index contributed by atoms with van der Waals surface area (Å²) in [6.07, 6.45) is 5.44. The summed E-state index contributed by atoms with van der Waals surface area (Å²) in [6, 6.07) is 0. The highest BCUT2D eigenvalue weighted by atomic mass is 16.6. The number of hydrogen-bond acceptors (Lipinski definition) is 3. The molecule has 1 saturated carbocycles. The normalized spacial score (nSPS) is 33.5. The van der Waals surface area contributed by atoms with Crippen molar-refractivity contribution in [2.75, 3.05) is 6.61 Å². The molecule has 1 aliphatic carbocycles. The van der Waals surface area contributed by atoms with E-state index in [-0.39, 0.29) is 12.1 Å². The first-order valence-corrected chi connectivity index (χ1v) is 6.62. The fourth-order valence-electron chi connectivity index (χ4n) is 2.86. The Hall–Kier alpha value is -0.990. The topological polar surface area (TPSA) is 35.5 Å². The standard InChI is InChI=1S/C14H22O3/c1-9(2)11-5-4-10(3)8-13(11)17-12-6-7-16-14(12)15/h6,9-11,13H,4-5,7-8H2,1-3H3/t10-,11+,13-/m1/s1. The van der Waals surface area contributed by atoms with E-state index in [0.29, 0.717) is 30.1 Å². The highest BCUT2D eigenvalue weighted by Crippen LogP contribution is 2.36. The van der Waals surface area contributed by atoms with Crippen LogP contribution in [0.25, 0.3) is 0 Å². The summed E-state index contributed by atoms with van der Waals surface area (Å²) in [5.41, 5.74) is 0. The van der Waals surface area contributed by atoms with E-state index in [0.717, 1.165) is 6.42 Å². The Kier molecular flexibility index (Phi) is 3.75. The van der Waals surface area contributed by atoms with Crippen molar-refractivity contribution in [3.63, 3.8) is 0 Å². The summed E-state index contributed by atoms with van der Waals surface area (Å²) in [6.45, 7) is 7.09. The third-order valence-electron chi connectivity index (χ3n) is 3.92. The molecule has 0 unspecified atom stereocenters. The van der Waals surface area contributed by atoms with Crippen LogP contribution in [0.4, 0.5) is 0 Å². The van der Waals surface area contributed by atoms with E-state index in [1.807, 2.05) is 0 Å². The average molecular weight is 238 g/mol. The zero-order valence-corrected chi connectivity index (χ0v) is 10.9. The van der Waals surface area contributed by atoms with Crippen LogP contribution in [0, 0.1) is 17.8 Å². The fraction of sp³-hybridized carbons (Fsp3) is 0.786. The zero-order valence-electron chi connectivity index (χ0n) is 10.9. The number of carbonyl (C=O) groups excluding carboxylic acids is 1. The van der Waals surface area contributed by atoms with Gasteiger partial charge >= 0.3 is 5.97 Å². The second-order valence-corrected chi connectivity index (χ2v) is 5.65. The van der Waals surface area contributed by atoms with Crippen LogP contribution in [0.5, 0.6) is 0 Å². The maximum atomic E-state index is 11.4. The predicted molar refractivity (Wildman–Crippen MR) is 65.3 cm³/mol. The first-order chi connectivity index (χ1) is 8.08. The Morgan fingerprint density at radius 1 is 1.41 bits per heavy atom. The van der Waals surface area contributed by atoms with Gasteiger partial charge in [-0.1, -0.05) is 27.2 Å². The molecule has 2 rings (SSSR count). The molecular weight excluding hydrogens is 216 g/mol. The van der Waals surface area contributed by atoms with E-state index in [2.05, 4.69) is 20.8 Å². The Morgan fingerprint density at radius 3 is 2.76 bits per heavy atom. The first kappa shape index (κ1) is 12.5. The number of cyclic esters (lactones) is 1. The molecule has 0 aromatic heterocycles. The Bertz CT molecular complexity index is 319. The molecule has 0 N–H and O–H groups in total. The summed E-state index contributed by atoms with van der Waals surface area (Å²) < 4.78 is 10.8. The van der Waals surface area contributed by atoms with Crippen LogP contribution >= 0.6 is 0 Å². The van der Waals surface area contributed by atoms with Gasteiger partial charge in [0.15, 0.2) is 0 Å². The molecule has 1 aliphatic heterocycles. The molecule has 0 amide bonds. The minimum atomic E-state index is -0.300. The van der Waals surface area contributed by atoms with Crippen LogP contribution in [-0.2, 0) is 14.3 Å². The molecule has 0 bridgehead atoms. The van der Waals surface area contributed by atoms with Gasteiger partial charge in [-0.25, -0.2) is 4.79 Å². The monoisotopic (exact) mass is 238 g/mol. The summed E-state index contributed by atoms with van der Waals surface area (Å²) in [4.78, 5) is 11.4. The van der Waals surface area contributed by atoms with Crippen molar-refractivity contribution < 1.29 is 14.3 Å². The highest BCUT2D eigenvalue weighted by Gasteiger charge is 2.34. The van der Waals surface area contributed by atoms with E-state index >= 15 is 0 Å². The summed E-state index contributed by atoms with van der Waals surface area (Å²) in [5.74, 6) is 1.97. The molecular formula is C14H22O3. The minimum absolute atomic E-state index is 0.177. The van der Waals surface area contributed by atoms with Crippen LogP contribution in [0.3, 0.4) is 0 Å². The summed E-state index contributed by atoms with van der Waals surface area (Å²) in [7, 11) is 0. The second-order valence-electron chi connectivity index (χ2n) is 5.65. The molecule has 2 aliphatic rings. The number of rotatable bonds is 3. The van der Waals surface area contributed by atoms with Gasteiger partial charge in [-0.3, -0.25) is 0 Å². The van der Waals surface area contributed by atoms with Crippen LogP contribution in [0.15, 0.2) is 11.8 Å². The Labute approximate surface area is 103 Å². The maximum absolute atomic E-state index is 11.4. The molecule has 3 nitrogen and oxygen atoms in total. The van der Waals surface area contributed by atoms with E-state index in [1.165, 1.54) is 12.8 Å². The lowest BCUT2D eigenvalue weighted by Crippen LogP contribution is -2.34. The van der Waals surface area contributed by atoms with Gasteiger partial charge in [-0.2, -0.15) is 0 Å². The van der Waals surface area contributed by atoms with Crippen molar-refractivity contribution >= 4 is 5.97 Å². The maximum Gasteiger partial charge on any atom is 0.373 e. The fourth-order valence-corrected chi connectivity index (χ4v) is 2.86. The van der Waals surface area contributed by atoms with Gasteiger partial charge in [-0.15, -0.1) is 0 Å². The lowest BCUT2D eigenvalue weighted by molar-refractivity contribution is -0.141. The number of hydrogen-bond donors (Lipinski definition) is 0. The highest BCUT2D eigenvalue weighted by molar-refractivity contribution is 5.88. The molecule has 1 heterocycles. The SMILES string of the molecule is CC(C)[C@@H]1CC[C@@H](C)C[C@H]1OC1=CCOC1=O. The van der Waals surface area contributed by atoms with Crippen molar-refractivity contribution in [2.45, 2.75) is 46.1 Å². The molecule has 17 heavy (non-hydrogen) atoms. The van der Waals surface area contributed by atoms with Gasteiger partial charge in [0.05, 0.1) is 0 Å². The minimum Gasteiger partial charge on any atom is -0.483 e. The molecule has 3 heteroatoms. The molecule has 0 saturated heterocycles. The molecule has 0 aromatic rings.